The molecule has 2 rings (SSSR count). The summed E-state index contributed by atoms with van der Waals surface area (Å²) in [7, 11) is 1.43. The van der Waals surface area contributed by atoms with Crippen LogP contribution in [0.4, 0.5) is 0 Å². The van der Waals surface area contributed by atoms with Crippen LogP contribution >= 0.6 is 0 Å². The molecule has 0 bridgehead atoms. The van der Waals surface area contributed by atoms with Gasteiger partial charge in [0.1, 0.15) is 0 Å². The molecular weight excluding hydrogens is 208 g/mol. The molecule has 4 nitrogen and oxygen atoms in total. The van der Waals surface area contributed by atoms with Crippen molar-refractivity contribution in [3.05, 3.63) is 0 Å². The van der Waals surface area contributed by atoms with E-state index in [0.29, 0.717) is 25.6 Å². The van der Waals surface area contributed by atoms with Gasteiger partial charge in [-0.3, -0.25) is 4.79 Å². The summed E-state index contributed by atoms with van der Waals surface area (Å²) in [6, 6.07) is 0. The smallest absolute Gasteiger partial charge is 0.305 e. The largest absolute Gasteiger partial charge is 0.469 e. The zero-order valence-electron chi connectivity index (χ0n) is 9.87. The zero-order chi connectivity index (χ0) is 11.4. The second-order valence-electron chi connectivity index (χ2n) is 4.57. The van der Waals surface area contributed by atoms with Gasteiger partial charge in [0.2, 0.25) is 0 Å². The van der Waals surface area contributed by atoms with Crippen molar-refractivity contribution < 1.29 is 19.0 Å². The lowest BCUT2D eigenvalue weighted by atomic mass is 9.80. The maximum absolute atomic E-state index is 11.2. The van der Waals surface area contributed by atoms with E-state index in [2.05, 4.69) is 4.74 Å². The van der Waals surface area contributed by atoms with E-state index in [4.69, 9.17) is 9.47 Å². The molecule has 0 unspecified atom stereocenters. The van der Waals surface area contributed by atoms with Crippen LogP contribution in [0.5, 0.6) is 0 Å². The van der Waals surface area contributed by atoms with E-state index in [0.717, 1.165) is 25.7 Å². The molecule has 0 radical (unpaired) electrons. The molecule has 0 aromatic rings. The predicted octanol–water partition coefficient (Wildman–Crippen LogP) is 1.87. The first-order valence-corrected chi connectivity index (χ1v) is 6.11. The quantitative estimate of drug-likeness (QED) is 0.692. The first-order valence-electron chi connectivity index (χ1n) is 6.11. The summed E-state index contributed by atoms with van der Waals surface area (Å²) < 4.78 is 16.2. The normalized spacial score (nSPS) is 28.2. The van der Waals surface area contributed by atoms with Crippen LogP contribution in [-0.4, -0.2) is 32.1 Å². The minimum absolute atomic E-state index is 0.140. The van der Waals surface area contributed by atoms with E-state index < -0.39 is 0 Å². The van der Waals surface area contributed by atoms with E-state index >= 15 is 0 Å². The van der Waals surface area contributed by atoms with Crippen molar-refractivity contribution in [3.8, 4) is 0 Å². The topological polar surface area (TPSA) is 44.8 Å². The third kappa shape index (κ3) is 2.38. The summed E-state index contributed by atoms with van der Waals surface area (Å²) in [4.78, 5) is 11.2. The maximum Gasteiger partial charge on any atom is 0.305 e. The first-order chi connectivity index (χ1) is 7.77. The SMILES string of the molecule is COC(=O)CC[C@H]1CCCCC12OCCO2. The monoisotopic (exact) mass is 228 g/mol. The molecule has 1 aliphatic carbocycles. The Balaban J connectivity index is 1.92. The summed E-state index contributed by atoms with van der Waals surface area (Å²) in [6.07, 6.45) is 5.72. The average Bonchev–Trinajstić information content (AvgIpc) is 2.77. The van der Waals surface area contributed by atoms with Crippen molar-refractivity contribution >= 4 is 5.97 Å². The molecule has 0 aromatic carbocycles. The second-order valence-corrected chi connectivity index (χ2v) is 4.57. The molecular formula is C12H20O4. The Morgan fingerprint density at radius 2 is 2.12 bits per heavy atom. The molecule has 1 spiro atoms. The molecule has 1 heterocycles. The van der Waals surface area contributed by atoms with Gasteiger partial charge in [-0.15, -0.1) is 0 Å². The van der Waals surface area contributed by atoms with Gasteiger partial charge < -0.3 is 14.2 Å². The van der Waals surface area contributed by atoms with E-state index in [-0.39, 0.29) is 11.8 Å². The van der Waals surface area contributed by atoms with Crippen LogP contribution in [0.25, 0.3) is 0 Å². The first kappa shape index (κ1) is 11.9. The lowest BCUT2D eigenvalue weighted by Crippen LogP contribution is -2.42. The number of hydrogen-bond acceptors (Lipinski definition) is 4. The van der Waals surface area contributed by atoms with Crippen molar-refractivity contribution in [2.24, 2.45) is 5.92 Å². The molecule has 92 valence electrons. The molecule has 16 heavy (non-hydrogen) atoms. The summed E-state index contributed by atoms with van der Waals surface area (Å²) in [6.45, 7) is 1.38. The van der Waals surface area contributed by atoms with Crippen LogP contribution in [0.1, 0.15) is 38.5 Å². The maximum atomic E-state index is 11.2. The van der Waals surface area contributed by atoms with Gasteiger partial charge in [-0.1, -0.05) is 6.42 Å². The highest BCUT2D eigenvalue weighted by molar-refractivity contribution is 5.69. The highest BCUT2D eigenvalue weighted by atomic mass is 16.7. The van der Waals surface area contributed by atoms with Crippen LogP contribution < -0.4 is 0 Å². The average molecular weight is 228 g/mol. The van der Waals surface area contributed by atoms with Gasteiger partial charge in [0.05, 0.1) is 20.3 Å². The van der Waals surface area contributed by atoms with E-state index in [9.17, 15) is 4.79 Å². The third-order valence-electron chi connectivity index (χ3n) is 3.65. The Bertz CT molecular complexity index is 245. The Kier molecular flexibility index (Phi) is 3.82. The minimum Gasteiger partial charge on any atom is -0.469 e. The van der Waals surface area contributed by atoms with Crippen molar-refractivity contribution in [2.75, 3.05) is 20.3 Å². The molecule has 0 N–H and O–H groups in total. The van der Waals surface area contributed by atoms with Crippen LogP contribution in [0.3, 0.4) is 0 Å². The lowest BCUT2D eigenvalue weighted by molar-refractivity contribution is -0.214. The highest BCUT2D eigenvalue weighted by Gasteiger charge is 2.45. The fourth-order valence-electron chi connectivity index (χ4n) is 2.80. The van der Waals surface area contributed by atoms with Crippen molar-refractivity contribution in [3.63, 3.8) is 0 Å². The van der Waals surface area contributed by atoms with Crippen molar-refractivity contribution in [1.29, 1.82) is 0 Å². The zero-order valence-corrected chi connectivity index (χ0v) is 9.87. The molecule has 0 amide bonds. The Labute approximate surface area is 96.2 Å². The number of hydrogen-bond donors (Lipinski definition) is 0. The minimum atomic E-state index is -0.383. The van der Waals surface area contributed by atoms with Crippen LogP contribution in [0, 0.1) is 5.92 Å². The molecule has 1 saturated carbocycles. The molecule has 0 aromatic heterocycles. The van der Waals surface area contributed by atoms with E-state index in [1.165, 1.54) is 13.5 Å². The summed E-state index contributed by atoms with van der Waals surface area (Å²) in [5, 5.41) is 0. The Morgan fingerprint density at radius 3 is 2.81 bits per heavy atom. The van der Waals surface area contributed by atoms with Gasteiger partial charge in [-0.2, -0.15) is 0 Å². The standard InChI is InChI=1S/C12H20O4/c1-14-11(13)6-5-10-4-2-3-7-12(10)15-8-9-16-12/h10H,2-9H2,1H3/t10-/m1/s1. The second kappa shape index (κ2) is 5.15. The molecule has 1 saturated heterocycles. The fourth-order valence-corrected chi connectivity index (χ4v) is 2.80. The molecule has 1 atom stereocenters. The summed E-state index contributed by atoms with van der Waals surface area (Å²) >= 11 is 0. The van der Waals surface area contributed by atoms with Gasteiger partial charge in [-0.05, 0) is 19.3 Å². The lowest BCUT2D eigenvalue weighted by Gasteiger charge is -2.39. The van der Waals surface area contributed by atoms with Crippen LogP contribution in [0.15, 0.2) is 0 Å². The molecule has 1 aliphatic heterocycles. The highest BCUT2D eigenvalue weighted by Crippen LogP contribution is 2.42. The summed E-state index contributed by atoms with van der Waals surface area (Å²) in [5.41, 5.74) is 0. The van der Waals surface area contributed by atoms with Gasteiger partial charge >= 0.3 is 5.97 Å². The van der Waals surface area contributed by atoms with Gasteiger partial charge in [-0.25, -0.2) is 0 Å². The van der Waals surface area contributed by atoms with Crippen LogP contribution in [-0.2, 0) is 19.0 Å². The van der Waals surface area contributed by atoms with Gasteiger partial charge in [0.15, 0.2) is 5.79 Å². The third-order valence-corrected chi connectivity index (χ3v) is 3.65. The van der Waals surface area contributed by atoms with Crippen LogP contribution in [0.2, 0.25) is 0 Å². The summed E-state index contributed by atoms with van der Waals surface area (Å²) in [5.74, 6) is -0.173. The van der Waals surface area contributed by atoms with Gasteiger partial charge in [0, 0.05) is 18.8 Å². The number of carbonyl (C=O) groups excluding carboxylic acids is 1. The molecule has 4 heteroatoms. The number of methoxy groups -OCH3 is 1. The number of rotatable bonds is 3. The Hall–Kier alpha value is -0.610. The predicted molar refractivity (Wildman–Crippen MR) is 57.8 cm³/mol. The fraction of sp³-hybridized carbons (Fsp3) is 0.917. The van der Waals surface area contributed by atoms with Crippen molar-refractivity contribution in [1.82, 2.24) is 0 Å². The number of carbonyl (C=O) groups is 1. The van der Waals surface area contributed by atoms with E-state index in [1.807, 2.05) is 0 Å². The molecule has 2 fully saturated rings. The van der Waals surface area contributed by atoms with Crippen molar-refractivity contribution in [2.45, 2.75) is 44.3 Å². The van der Waals surface area contributed by atoms with E-state index in [1.54, 1.807) is 0 Å². The number of esters is 1. The Morgan fingerprint density at radius 1 is 1.38 bits per heavy atom. The van der Waals surface area contributed by atoms with Gasteiger partial charge in [0.25, 0.3) is 0 Å². The molecule has 2 aliphatic rings. The number of ether oxygens (including phenoxy) is 3.